The Bertz CT molecular complexity index is 950. The molecule has 1 saturated carbocycles. The van der Waals surface area contributed by atoms with Crippen LogP contribution >= 0.6 is 0 Å². The summed E-state index contributed by atoms with van der Waals surface area (Å²) in [7, 11) is 1.60. The quantitative estimate of drug-likeness (QED) is 0.574. The molecule has 4 rings (SSSR count). The maximum Gasteiger partial charge on any atom is 0.248 e. The maximum absolute atomic E-state index is 13.2. The van der Waals surface area contributed by atoms with Gasteiger partial charge in [0, 0.05) is 38.6 Å². The fourth-order valence-electron chi connectivity index (χ4n) is 5.09. The SMILES string of the molecule is COCCOCC(=O)N1CCCCCCNC(=O)C2CC(c3nc(Cc4ccccc4)no3)CC21. The molecule has 1 aromatic carbocycles. The molecule has 1 saturated heterocycles. The maximum atomic E-state index is 13.2. The Morgan fingerprint density at radius 3 is 2.80 bits per heavy atom. The molecule has 1 aliphatic heterocycles. The third-order valence-corrected chi connectivity index (χ3v) is 6.91. The molecule has 2 aliphatic rings. The monoisotopic (exact) mass is 484 g/mol. The van der Waals surface area contributed by atoms with Gasteiger partial charge in [0.15, 0.2) is 5.82 Å². The van der Waals surface area contributed by atoms with Crippen molar-refractivity contribution in [2.24, 2.45) is 5.92 Å². The van der Waals surface area contributed by atoms with Crippen molar-refractivity contribution in [3.8, 4) is 0 Å². The van der Waals surface area contributed by atoms with E-state index >= 15 is 0 Å². The van der Waals surface area contributed by atoms with E-state index < -0.39 is 0 Å². The molecule has 2 amide bonds. The molecule has 0 radical (unpaired) electrons. The van der Waals surface area contributed by atoms with Crippen LogP contribution in [0.4, 0.5) is 0 Å². The van der Waals surface area contributed by atoms with Crippen LogP contribution < -0.4 is 5.32 Å². The lowest BCUT2D eigenvalue weighted by Crippen LogP contribution is -2.48. The first kappa shape index (κ1) is 25.3. The zero-order valence-corrected chi connectivity index (χ0v) is 20.5. The van der Waals surface area contributed by atoms with Crippen molar-refractivity contribution in [2.75, 3.05) is 40.0 Å². The van der Waals surface area contributed by atoms with Crippen molar-refractivity contribution in [1.82, 2.24) is 20.4 Å². The van der Waals surface area contributed by atoms with Crippen molar-refractivity contribution < 1.29 is 23.6 Å². The molecule has 2 heterocycles. The van der Waals surface area contributed by atoms with Crippen LogP contribution in [0.25, 0.3) is 0 Å². The number of nitrogens with zero attached hydrogens (tertiary/aromatic N) is 3. The first-order valence-corrected chi connectivity index (χ1v) is 12.7. The van der Waals surface area contributed by atoms with Gasteiger partial charge in [-0.2, -0.15) is 4.98 Å². The minimum absolute atomic E-state index is 0.00141. The van der Waals surface area contributed by atoms with Gasteiger partial charge in [0.1, 0.15) is 6.61 Å². The van der Waals surface area contributed by atoms with Gasteiger partial charge in [-0.3, -0.25) is 9.59 Å². The summed E-state index contributed by atoms with van der Waals surface area (Å²) in [6.07, 6.45) is 5.72. The Morgan fingerprint density at radius 2 is 1.97 bits per heavy atom. The lowest BCUT2D eigenvalue weighted by molar-refractivity contribution is -0.141. The number of carbonyl (C=O) groups excluding carboxylic acids is 2. The largest absolute Gasteiger partial charge is 0.382 e. The Morgan fingerprint density at radius 1 is 1.14 bits per heavy atom. The highest BCUT2D eigenvalue weighted by molar-refractivity contribution is 5.82. The van der Waals surface area contributed by atoms with Crippen molar-refractivity contribution in [3.05, 3.63) is 47.6 Å². The molecule has 1 aromatic heterocycles. The van der Waals surface area contributed by atoms with E-state index in [1.807, 2.05) is 35.2 Å². The van der Waals surface area contributed by atoms with E-state index in [2.05, 4.69) is 15.5 Å². The fraction of sp³-hybridized carbons (Fsp3) is 0.615. The van der Waals surface area contributed by atoms with E-state index in [-0.39, 0.29) is 36.3 Å². The number of ether oxygens (including phenoxy) is 2. The average molecular weight is 485 g/mol. The number of carbonyl (C=O) groups is 2. The highest BCUT2D eigenvalue weighted by Crippen LogP contribution is 2.41. The van der Waals surface area contributed by atoms with Crippen molar-refractivity contribution >= 4 is 11.8 Å². The molecule has 1 aliphatic carbocycles. The van der Waals surface area contributed by atoms with Crippen LogP contribution in [0.5, 0.6) is 0 Å². The lowest BCUT2D eigenvalue weighted by atomic mass is 10.00. The normalized spacial score (nSPS) is 23.4. The molecule has 9 nitrogen and oxygen atoms in total. The first-order chi connectivity index (χ1) is 17.2. The molecule has 35 heavy (non-hydrogen) atoms. The van der Waals surface area contributed by atoms with E-state index in [4.69, 9.17) is 14.0 Å². The molecular weight excluding hydrogens is 448 g/mol. The minimum atomic E-state index is -0.314. The number of hydrogen-bond donors (Lipinski definition) is 1. The van der Waals surface area contributed by atoms with Crippen molar-refractivity contribution in [1.29, 1.82) is 0 Å². The zero-order valence-electron chi connectivity index (χ0n) is 20.5. The van der Waals surface area contributed by atoms with Crippen LogP contribution in [-0.4, -0.2) is 72.9 Å². The van der Waals surface area contributed by atoms with Gasteiger partial charge in [0.2, 0.25) is 17.7 Å². The number of aromatic nitrogens is 2. The number of hydrogen-bond acceptors (Lipinski definition) is 7. The molecule has 0 bridgehead atoms. The predicted molar refractivity (Wildman–Crippen MR) is 129 cm³/mol. The summed E-state index contributed by atoms with van der Waals surface area (Å²) in [5.41, 5.74) is 1.11. The first-order valence-electron chi connectivity index (χ1n) is 12.7. The summed E-state index contributed by atoms with van der Waals surface area (Å²) < 4.78 is 16.2. The van der Waals surface area contributed by atoms with Gasteiger partial charge < -0.3 is 24.2 Å². The van der Waals surface area contributed by atoms with Gasteiger partial charge in [-0.05, 0) is 31.2 Å². The van der Waals surface area contributed by atoms with Crippen LogP contribution in [0.15, 0.2) is 34.9 Å². The summed E-state index contributed by atoms with van der Waals surface area (Å²) in [5.74, 6) is 0.711. The summed E-state index contributed by atoms with van der Waals surface area (Å²) >= 11 is 0. The van der Waals surface area contributed by atoms with Gasteiger partial charge in [-0.15, -0.1) is 0 Å². The van der Waals surface area contributed by atoms with Crippen LogP contribution in [0.3, 0.4) is 0 Å². The lowest BCUT2D eigenvalue weighted by Gasteiger charge is -2.32. The highest BCUT2D eigenvalue weighted by atomic mass is 16.5. The second-order valence-electron chi connectivity index (χ2n) is 9.39. The van der Waals surface area contributed by atoms with Gasteiger partial charge in [-0.1, -0.05) is 48.3 Å². The second kappa shape index (κ2) is 12.8. The number of fused-ring (bicyclic) bond motifs is 1. The van der Waals surface area contributed by atoms with Crippen LogP contribution in [-0.2, 0) is 25.5 Å². The van der Waals surface area contributed by atoms with Gasteiger partial charge in [0.25, 0.3) is 0 Å². The molecule has 3 unspecified atom stereocenters. The molecule has 2 aromatic rings. The van der Waals surface area contributed by atoms with Crippen molar-refractivity contribution in [3.63, 3.8) is 0 Å². The van der Waals surface area contributed by atoms with Gasteiger partial charge in [-0.25, -0.2) is 0 Å². The zero-order chi connectivity index (χ0) is 24.5. The van der Waals surface area contributed by atoms with E-state index in [0.717, 1.165) is 31.2 Å². The van der Waals surface area contributed by atoms with E-state index in [0.29, 0.717) is 57.3 Å². The van der Waals surface area contributed by atoms with E-state index in [9.17, 15) is 9.59 Å². The second-order valence-corrected chi connectivity index (χ2v) is 9.39. The van der Waals surface area contributed by atoms with Crippen LogP contribution in [0.2, 0.25) is 0 Å². The van der Waals surface area contributed by atoms with E-state index in [1.165, 1.54) is 0 Å². The van der Waals surface area contributed by atoms with E-state index in [1.54, 1.807) is 7.11 Å². The standard InChI is InChI=1S/C26H36N4O5/c1-33-13-14-34-18-24(31)30-12-8-3-2-7-11-27-25(32)21-16-20(17-22(21)30)26-28-23(29-35-26)15-19-9-5-4-6-10-19/h4-6,9-10,20-22H,2-3,7-8,11-18H2,1H3,(H,27,32). The summed E-state index contributed by atoms with van der Waals surface area (Å²) in [5, 5.41) is 7.27. The summed E-state index contributed by atoms with van der Waals surface area (Å²) in [4.78, 5) is 32.9. The van der Waals surface area contributed by atoms with Crippen molar-refractivity contribution in [2.45, 2.75) is 56.9 Å². The van der Waals surface area contributed by atoms with Crippen LogP contribution in [0, 0.1) is 5.92 Å². The smallest absolute Gasteiger partial charge is 0.248 e. The number of nitrogens with one attached hydrogen (secondary N) is 1. The summed E-state index contributed by atoms with van der Waals surface area (Å²) in [6, 6.07) is 9.79. The molecule has 1 N–H and O–H groups in total. The predicted octanol–water partition coefficient (Wildman–Crippen LogP) is 2.70. The van der Waals surface area contributed by atoms with Gasteiger partial charge in [0.05, 0.1) is 19.1 Å². The Kier molecular flexibility index (Phi) is 9.25. The average Bonchev–Trinajstić information content (AvgIpc) is 3.50. The minimum Gasteiger partial charge on any atom is -0.382 e. The third kappa shape index (κ3) is 6.89. The fourth-order valence-corrected chi connectivity index (χ4v) is 5.09. The highest BCUT2D eigenvalue weighted by Gasteiger charge is 2.45. The Labute approximate surface area is 206 Å². The number of rotatable bonds is 8. The third-order valence-electron chi connectivity index (χ3n) is 6.91. The van der Waals surface area contributed by atoms with Crippen LogP contribution in [0.1, 0.15) is 61.7 Å². The number of methoxy groups -OCH3 is 1. The number of amides is 2. The molecule has 9 heteroatoms. The molecule has 2 fully saturated rings. The topological polar surface area (TPSA) is 107 Å². The number of benzene rings is 1. The Balaban J connectivity index is 1.49. The van der Waals surface area contributed by atoms with Gasteiger partial charge >= 0.3 is 0 Å². The summed E-state index contributed by atoms with van der Waals surface area (Å²) in [6.45, 7) is 2.08. The molecule has 3 atom stereocenters. The Hall–Kier alpha value is -2.78. The molecule has 0 spiro atoms. The molecule has 190 valence electrons. The molecular formula is C26H36N4O5.